The van der Waals surface area contributed by atoms with Crippen molar-refractivity contribution in [2.75, 3.05) is 13.2 Å². The summed E-state index contributed by atoms with van der Waals surface area (Å²) >= 11 is 0. The molecule has 1 saturated heterocycles. The first-order valence-corrected chi connectivity index (χ1v) is 16.9. The van der Waals surface area contributed by atoms with Crippen molar-refractivity contribution in [1.29, 1.82) is 0 Å². The lowest BCUT2D eigenvalue weighted by atomic mass is 9.94. The summed E-state index contributed by atoms with van der Waals surface area (Å²) in [5.41, 5.74) is 0. The van der Waals surface area contributed by atoms with Crippen LogP contribution in [0.4, 0.5) is 0 Å². The first-order chi connectivity index (χ1) is 18.6. The quantitative estimate of drug-likeness (QED) is 0.0907. The molecule has 0 bridgehead atoms. The monoisotopic (exact) mass is 542 g/mol. The van der Waals surface area contributed by atoms with Gasteiger partial charge in [0.05, 0.1) is 13.2 Å². The second kappa shape index (κ2) is 25.7. The number of unbranched alkanes of at least 4 members (excludes halogenated alkanes) is 20. The molecular weight excluding hydrogens is 476 g/mol. The van der Waals surface area contributed by atoms with Crippen molar-refractivity contribution in [3.8, 4) is 0 Å². The zero-order chi connectivity index (χ0) is 27.7. The zero-order valence-corrected chi connectivity index (χ0v) is 25.4. The van der Waals surface area contributed by atoms with Crippen LogP contribution in [0.3, 0.4) is 0 Å². The molecule has 1 aliphatic rings. The summed E-state index contributed by atoms with van der Waals surface area (Å²) in [5, 5.41) is 29.9. The Hall–Kier alpha value is -0.200. The highest BCUT2D eigenvalue weighted by atomic mass is 16.7. The highest BCUT2D eigenvalue weighted by Gasteiger charge is 2.38. The fourth-order valence-corrected chi connectivity index (χ4v) is 5.66. The Bertz CT molecular complexity index is 488. The Kier molecular flexibility index (Phi) is 24.3. The molecule has 3 N–H and O–H groups in total. The summed E-state index contributed by atoms with van der Waals surface area (Å²) < 4.78 is 11.4. The number of hydrogen-bond donors (Lipinski definition) is 3. The molecule has 0 aromatic carbocycles. The van der Waals surface area contributed by atoms with E-state index in [1.54, 1.807) is 0 Å². The summed E-state index contributed by atoms with van der Waals surface area (Å²) in [5.74, 6) is 0.465. The van der Waals surface area contributed by atoms with Gasteiger partial charge in [-0.25, -0.2) is 0 Å². The van der Waals surface area contributed by atoms with Crippen LogP contribution in [0.5, 0.6) is 0 Å². The van der Waals surface area contributed by atoms with Gasteiger partial charge < -0.3 is 24.8 Å². The lowest BCUT2D eigenvalue weighted by molar-refractivity contribution is -0.272. The highest BCUT2D eigenvalue weighted by Crippen LogP contribution is 2.23. The van der Waals surface area contributed by atoms with Crippen molar-refractivity contribution in [1.82, 2.24) is 0 Å². The second-order valence-electron chi connectivity index (χ2n) is 12.1. The van der Waals surface area contributed by atoms with Gasteiger partial charge in [-0.1, -0.05) is 155 Å². The van der Waals surface area contributed by atoms with Gasteiger partial charge in [-0.3, -0.25) is 0 Å². The Labute approximate surface area is 236 Å². The van der Waals surface area contributed by atoms with E-state index in [1.807, 2.05) is 0 Å². The highest BCUT2D eigenvalue weighted by molar-refractivity contribution is 4.82. The Balaban J connectivity index is 2.20. The predicted octanol–water partition coefficient (Wildman–Crippen LogP) is 8.46. The molecule has 0 radical (unpaired) electrons. The van der Waals surface area contributed by atoms with E-state index in [-0.39, 0.29) is 6.61 Å². The number of rotatable bonds is 27. The molecule has 0 spiro atoms. The van der Waals surface area contributed by atoms with E-state index in [0.29, 0.717) is 12.5 Å². The minimum atomic E-state index is -1.20. The molecule has 2 unspecified atom stereocenters. The van der Waals surface area contributed by atoms with Crippen molar-refractivity contribution >= 4 is 0 Å². The van der Waals surface area contributed by atoms with Gasteiger partial charge in [-0.2, -0.15) is 0 Å². The molecule has 1 fully saturated rings. The van der Waals surface area contributed by atoms with E-state index in [2.05, 4.69) is 13.8 Å². The topological polar surface area (TPSA) is 79.2 Å². The number of aliphatic hydroxyl groups is 3. The summed E-state index contributed by atoms with van der Waals surface area (Å²) in [6.45, 7) is 5.11. The van der Waals surface area contributed by atoms with Crippen LogP contribution in [0, 0.1) is 5.92 Å². The average molecular weight is 543 g/mol. The van der Waals surface area contributed by atoms with Gasteiger partial charge in [-0.05, 0) is 18.8 Å². The van der Waals surface area contributed by atoms with Crippen LogP contribution >= 0.6 is 0 Å². The molecule has 0 aromatic rings. The number of aliphatic hydroxyl groups excluding tert-OH is 3. The molecule has 1 heterocycles. The molecule has 38 heavy (non-hydrogen) atoms. The van der Waals surface area contributed by atoms with Gasteiger partial charge in [0.1, 0.15) is 18.3 Å². The van der Waals surface area contributed by atoms with Crippen LogP contribution in [0.1, 0.15) is 168 Å². The van der Waals surface area contributed by atoms with Crippen LogP contribution in [0.15, 0.2) is 0 Å². The predicted molar refractivity (Wildman–Crippen MR) is 159 cm³/mol. The second-order valence-corrected chi connectivity index (χ2v) is 12.1. The molecule has 0 aromatic heterocycles. The number of hydrogen-bond acceptors (Lipinski definition) is 5. The first-order valence-electron chi connectivity index (χ1n) is 16.9. The van der Waals surface area contributed by atoms with Gasteiger partial charge in [0.2, 0.25) is 0 Å². The van der Waals surface area contributed by atoms with Crippen molar-refractivity contribution < 1.29 is 24.8 Å². The van der Waals surface area contributed by atoms with E-state index in [1.165, 1.54) is 141 Å². The Morgan fingerprint density at radius 3 is 1.32 bits per heavy atom. The normalized spacial score (nSPS) is 22.7. The standard InChI is InChI=1S/C33H66O5/c1-3-5-7-9-11-13-15-16-18-20-22-24-26-29(25-23-21-19-17-14-12-10-8-6-4-2)27-37-33-32(36)31(35)30(34)28-38-33/h29-36H,3-28H2,1-2H3/t29?,30-,31-,32?,33-/m1/s1. The third-order valence-electron chi connectivity index (χ3n) is 8.38. The molecule has 1 aliphatic heterocycles. The summed E-state index contributed by atoms with van der Waals surface area (Å²) in [4.78, 5) is 0. The molecule has 228 valence electrons. The zero-order valence-electron chi connectivity index (χ0n) is 25.4. The fraction of sp³-hybridized carbons (Fsp3) is 1.00. The van der Waals surface area contributed by atoms with Crippen LogP contribution in [-0.4, -0.2) is 53.1 Å². The van der Waals surface area contributed by atoms with Crippen molar-refractivity contribution in [2.45, 2.75) is 193 Å². The average Bonchev–Trinajstić information content (AvgIpc) is 2.92. The maximum absolute atomic E-state index is 10.2. The van der Waals surface area contributed by atoms with E-state index in [0.717, 1.165) is 12.8 Å². The van der Waals surface area contributed by atoms with E-state index < -0.39 is 24.6 Å². The molecular formula is C33H66O5. The molecule has 5 heteroatoms. The van der Waals surface area contributed by atoms with Gasteiger partial charge in [0.15, 0.2) is 6.29 Å². The number of ether oxygens (including phenoxy) is 2. The molecule has 0 saturated carbocycles. The lowest BCUT2D eigenvalue weighted by Gasteiger charge is -2.35. The van der Waals surface area contributed by atoms with Crippen LogP contribution in [0.25, 0.3) is 0 Å². The molecule has 1 rings (SSSR count). The minimum Gasteiger partial charge on any atom is -0.388 e. The maximum Gasteiger partial charge on any atom is 0.186 e. The summed E-state index contributed by atoms with van der Waals surface area (Å²) in [7, 11) is 0. The van der Waals surface area contributed by atoms with E-state index in [9.17, 15) is 15.3 Å². The Morgan fingerprint density at radius 1 is 0.553 bits per heavy atom. The first kappa shape index (κ1) is 35.8. The third kappa shape index (κ3) is 19.0. The minimum absolute atomic E-state index is 0.00471. The fourth-order valence-electron chi connectivity index (χ4n) is 5.66. The van der Waals surface area contributed by atoms with Crippen molar-refractivity contribution in [3.05, 3.63) is 0 Å². The summed E-state index contributed by atoms with van der Waals surface area (Å²) in [6.07, 6.45) is 27.8. The van der Waals surface area contributed by atoms with Gasteiger partial charge in [0.25, 0.3) is 0 Å². The third-order valence-corrected chi connectivity index (χ3v) is 8.38. The molecule has 0 aliphatic carbocycles. The van der Waals surface area contributed by atoms with E-state index in [4.69, 9.17) is 9.47 Å². The van der Waals surface area contributed by atoms with Gasteiger partial charge in [-0.15, -0.1) is 0 Å². The largest absolute Gasteiger partial charge is 0.388 e. The smallest absolute Gasteiger partial charge is 0.186 e. The summed E-state index contributed by atoms with van der Waals surface area (Å²) in [6, 6.07) is 0. The SMILES string of the molecule is CCCCCCCCCCCCCCC(CCCCCCCCCCCC)CO[C@@H]1OC[C@@H](O)[C@@H](O)C1O. The molecule has 5 nitrogen and oxygen atoms in total. The Morgan fingerprint density at radius 2 is 0.921 bits per heavy atom. The van der Waals surface area contributed by atoms with Crippen LogP contribution in [-0.2, 0) is 9.47 Å². The lowest BCUT2D eigenvalue weighted by Crippen LogP contribution is -2.53. The molecule has 0 amide bonds. The van der Waals surface area contributed by atoms with E-state index >= 15 is 0 Å². The van der Waals surface area contributed by atoms with Gasteiger partial charge in [0, 0.05) is 0 Å². The van der Waals surface area contributed by atoms with Crippen molar-refractivity contribution in [2.24, 2.45) is 5.92 Å². The van der Waals surface area contributed by atoms with Crippen molar-refractivity contribution in [3.63, 3.8) is 0 Å². The van der Waals surface area contributed by atoms with Crippen LogP contribution in [0.2, 0.25) is 0 Å². The van der Waals surface area contributed by atoms with Crippen LogP contribution < -0.4 is 0 Å². The van der Waals surface area contributed by atoms with Gasteiger partial charge >= 0.3 is 0 Å². The maximum atomic E-state index is 10.2. The molecule has 5 atom stereocenters.